The van der Waals surface area contributed by atoms with Crippen LogP contribution in [-0.4, -0.2) is 36.2 Å². The summed E-state index contributed by atoms with van der Waals surface area (Å²) in [6, 6.07) is -0.0394. The van der Waals surface area contributed by atoms with E-state index in [4.69, 9.17) is 0 Å². The largest absolute Gasteiger partial charge is 0.391 e. The number of hydrogen-bond donors (Lipinski definition) is 3. The average molecular weight is 254 g/mol. The van der Waals surface area contributed by atoms with E-state index in [2.05, 4.69) is 24.5 Å². The van der Waals surface area contributed by atoms with Crippen LogP contribution in [0.1, 0.15) is 46.0 Å². The first-order chi connectivity index (χ1) is 8.56. The molecule has 0 aromatic carbocycles. The highest BCUT2D eigenvalue weighted by molar-refractivity contribution is 5.84. The Morgan fingerprint density at radius 2 is 2.11 bits per heavy atom. The van der Waals surface area contributed by atoms with Gasteiger partial charge in [0.25, 0.3) is 0 Å². The molecule has 1 saturated carbocycles. The highest BCUT2D eigenvalue weighted by atomic mass is 16.3. The second-order valence-corrected chi connectivity index (χ2v) is 6.17. The third kappa shape index (κ3) is 2.54. The Kier molecular flexibility index (Phi) is 4.28. The van der Waals surface area contributed by atoms with E-state index in [1.54, 1.807) is 0 Å². The molecule has 4 nitrogen and oxygen atoms in total. The van der Waals surface area contributed by atoms with Crippen LogP contribution >= 0.6 is 0 Å². The molecule has 1 unspecified atom stereocenters. The number of carbonyl (C=O) groups is 1. The van der Waals surface area contributed by atoms with Crippen molar-refractivity contribution in [1.29, 1.82) is 0 Å². The van der Waals surface area contributed by atoms with E-state index in [0.29, 0.717) is 5.92 Å². The van der Waals surface area contributed by atoms with Gasteiger partial charge in [-0.2, -0.15) is 0 Å². The molecule has 3 atom stereocenters. The molecule has 1 saturated heterocycles. The summed E-state index contributed by atoms with van der Waals surface area (Å²) in [6.07, 6.45) is 4.45. The van der Waals surface area contributed by atoms with Gasteiger partial charge in [-0.15, -0.1) is 0 Å². The van der Waals surface area contributed by atoms with E-state index in [1.807, 2.05) is 0 Å². The lowest BCUT2D eigenvalue weighted by atomic mass is 9.75. The fourth-order valence-electron chi connectivity index (χ4n) is 3.25. The van der Waals surface area contributed by atoms with Crippen molar-refractivity contribution in [3.8, 4) is 0 Å². The number of rotatable bonds is 3. The van der Waals surface area contributed by atoms with Gasteiger partial charge in [0, 0.05) is 6.54 Å². The van der Waals surface area contributed by atoms with Crippen molar-refractivity contribution in [1.82, 2.24) is 10.6 Å². The number of carbonyl (C=O) groups excluding carboxylic acids is 1. The Morgan fingerprint density at radius 3 is 2.67 bits per heavy atom. The molecule has 1 amide bonds. The SMILES string of the molecule is CC(C)C1(C(=O)N[C@H]2CCCC[C@@H]2O)CCNC1. The fourth-order valence-corrected chi connectivity index (χ4v) is 3.25. The quantitative estimate of drug-likeness (QED) is 0.705. The van der Waals surface area contributed by atoms with E-state index in [9.17, 15) is 9.90 Å². The number of hydrogen-bond acceptors (Lipinski definition) is 3. The zero-order valence-corrected chi connectivity index (χ0v) is 11.5. The van der Waals surface area contributed by atoms with Crippen molar-refractivity contribution < 1.29 is 9.90 Å². The summed E-state index contributed by atoms with van der Waals surface area (Å²) >= 11 is 0. The van der Waals surface area contributed by atoms with E-state index in [0.717, 1.165) is 45.2 Å². The summed E-state index contributed by atoms with van der Waals surface area (Å²) in [5, 5.41) is 16.4. The van der Waals surface area contributed by atoms with Gasteiger partial charge in [0.05, 0.1) is 17.6 Å². The van der Waals surface area contributed by atoms with Gasteiger partial charge < -0.3 is 15.7 Å². The molecular formula is C14H26N2O2. The minimum Gasteiger partial charge on any atom is -0.391 e. The van der Waals surface area contributed by atoms with Gasteiger partial charge in [-0.25, -0.2) is 0 Å². The minimum absolute atomic E-state index is 0.0394. The van der Waals surface area contributed by atoms with Gasteiger partial charge in [-0.3, -0.25) is 4.79 Å². The van der Waals surface area contributed by atoms with Gasteiger partial charge >= 0.3 is 0 Å². The molecule has 4 heteroatoms. The lowest BCUT2D eigenvalue weighted by Gasteiger charge is -2.35. The fraction of sp³-hybridized carbons (Fsp3) is 0.929. The highest BCUT2D eigenvalue weighted by Crippen LogP contribution is 2.35. The summed E-state index contributed by atoms with van der Waals surface area (Å²) in [6.45, 7) is 5.91. The molecule has 0 aromatic heterocycles. The molecule has 1 aliphatic carbocycles. The van der Waals surface area contributed by atoms with Crippen molar-refractivity contribution >= 4 is 5.91 Å². The molecule has 0 spiro atoms. The Hall–Kier alpha value is -0.610. The Bertz CT molecular complexity index is 298. The van der Waals surface area contributed by atoms with Gasteiger partial charge in [-0.05, 0) is 31.7 Å². The maximum absolute atomic E-state index is 12.6. The van der Waals surface area contributed by atoms with Crippen molar-refractivity contribution in [2.75, 3.05) is 13.1 Å². The Labute approximate surface area is 110 Å². The molecule has 0 bridgehead atoms. The molecule has 104 valence electrons. The Morgan fingerprint density at radius 1 is 1.39 bits per heavy atom. The smallest absolute Gasteiger partial charge is 0.228 e. The topological polar surface area (TPSA) is 61.4 Å². The third-order valence-electron chi connectivity index (χ3n) is 4.79. The number of amides is 1. The lowest BCUT2D eigenvalue weighted by Crippen LogP contribution is -2.53. The second-order valence-electron chi connectivity index (χ2n) is 6.17. The van der Waals surface area contributed by atoms with Crippen LogP contribution in [0.25, 0.3) is 0 Å². The van der Waals surface area contributed by atoms with Crippen LogP contribution < -0.4 is 10.6 Å². The van der Waals surface area contributed by atoms with Crippen LogP contribution in [-0.2, 0) is 4.79 Å². The van der Waals surface area contributed by atoms with Crippen molar-refractivity contribution in [2.24, 2.45) is 11.3 Å². The molecule has 2 fully saturated rings. The number of aliphatic hydroxyl groups is 1. The molecule has 18 heavy (non-hydrogen) atoms. The van der Waals surface area contributed by atoms with Crippen LogP contribution in [0.4, 0.5) is 0 Å². The normalized spacial score (nSPS) is 36.9. The van der Waals surface area contributed by atoms with E-state index < -0.39 is 0 Å². The lowest BCUT2D eigenvalue weighted by molar-refractivity contribution is -0.134. The Balaban J connectivity index is 2.01. The van der Waals surface area contributed by atoms with E-state index in [-0.39, 0.29) is 23.5 Å². The van der Waals surface area contributed by atoms with Gasteiger partial charge in [0.2, 0.25) is 5.91 Å². The van der Waals surface area contributed by atoms with Crippen LogP contribution in [0, 0.1) is 11.3 Å². The maximum atomic E-state index is 12.6. The summed E-state index contributed by atoms with van der Waals surface area (Å²) in [4.78, 5) is 12.6. The molecule has 1 aliphatic heterocycles. The maximum Gasteiger partial charge on any atom is 0.228 e. The minimum atomic E-state index is -0.360. The van der Waals surface area contributed by atoms with Crippen molar-refractivity contribution in [2.45, 2.75) is 58.1 Å². The first-order valence-electron chi connectivity index (χ1n) is 7.26. The van der Waals surface area contributed by atoms with E-state index in [1.165, 1.54) is 0 Å². The number of nitrogens with one attached hydrogen (secondary N) is 2. The summed E-state index contributed by atoms with van der Waals surface area (Å²) < 4.78 is 0. The van der Waals surface area contributed by atoms with Gasteiger partial charge in [0.15, 0.2) is 0 Å². The summed E-state index contributed by atoms with van der Waals surface area (Å²) in [5.41, 5.74) is -0.281. The average Bonchev–Trinajstić information content (AvgIpc) is 2.82. The second kappa shape index (κ2) is 5.57. The first kappa shape index (κ1) is 13.8. The first-order valence-corrected chi connectivity index (χ1v) is 7.26. The molecule has 2 aliphatic rings. The van der Waals surface area contributed by atoms with Crippen LogP contribution in [0.15, 0.2) is 0 Å². The molecule has 3 N–H and O–H groups in total. The van der Waals surface area contributed by atoms with Gasteiger partial charge in [-0.1, -0.05) is 26.7 Å². The molecule has 2 rings (SSSR count). The predicted molar refractivity (Wildman–Crippen MR) is 71.2 cm³/mol. The number of aliphatic hydroxyl groups excluding tert-OH is 1. The summed E-state index contributed by atoms with van der Waals surface area (Å²) in [7, 11) is 0. The molecule has 0 radical (unpaired) electrons. The molecule has 1 heterocycles. The van der Waals surface area contributed by atoms with Crippen LogP contribution in [0.3, 0.4) is 0 Å². The van der Waals surface area contributed by atoms with Crippen LogP contribution in [0.5, 0.6) is 0 Å². The van der Waals surface area contributed by atoms with Gasteiger partial charge in [0.1, 0.15) is 0 Å². The standard InChI is InChI=1S/C14H26N2O2/c1-10(2)14(7-8-15-9-14)13(18)16-11-5-3-4-6-12(11)17/h10-12,15,17H,3-9H2,1-2H3,(H,16,18)/t11-,12-,14?/m0/s1. The van der Waals surface area contributed by atoms with Crippen LogP contribution in [0.2, 0.25) is 0 Å². The highest BCUT2D eigenvalue weighted by Gasteiger charge is 2.44. The van der Waals surface area contributed by atoms with Crippen molar-refractivity contribution in [3.63, 3.8) is 0 Å². The third-order valence-corrected chi connectivity index (χ3v) is 4.79. The molecule has 0 aromatic rings. The predicted octanol–water partition coefficient (Wildman–Crippen LogP) is 1.04. The monoisotopic (exact) mass is 254 g/mol. The molecular weight excluding hydrogens is 228 g/mol. The van der Waals surface area contributed by atoms with Crippen molar-refractivity contribution in [3.05, 3.63) is 0 Å². The zero-order valence-electron chi connectivity index (χ0n) is 11.5. The summed E-state index contributed by atoms with van der Waals surface area (Å²) in [5.74, 6) is 0.460. The van der Waals surface area contributed by atoms with E-state index >= 15 is 0 Å². The zero-order chi connectivity index (χ0) is 13.2.